The number of para-hydroxylation sites is 1. The first kappa shape index (κ1) is 15.3. The molecule has 3 heterocycles. The number of aromatic nitrogens is 5. The minimum Gasteiger partial charge on any atom is -0.364 e. The Labute approximate surface area is 139 Å². The fourth-order valence-corrected chi connectivity index (χ4v) is 2.56. The van der Waals surface area contributed by atoms with Crippen molar-refractivity contribution in [2.45, 2.75) is 12.7 Å². The van der Waals surface area contributed by atoms with E-state index in [4.69, 9.17) is 0 Å². The number of alkyl halides is 3. The maximum Gasteiger partial charge on any atom is 0.453 e. The molecule has 0 aliphatic heterocycles. The van der Waals surface area contributed by atoms with E-state index in [1.807, 2.05) is 30.3 Å². The lowest BCUT2D eigenvalue weighted by Gasteiger charge is -2.09. The number of benzene rings is 1. The van der Waals surface area contributed by atoms with Gasteiger partial charge in [0.05, 0.1) is 5.52 Å². The van der Waals surface area contributed by atoms with E-state index in [0.29, 0.717) is 11.1 Å². The van der Waals surface area contributed by atoms with Gasteiger partial charge in [0.2, 0.25) is 0 Å². The predicted octanol–water partition coefficient (Wildman–Crippen LogP) is 3.30. The van der Waals surface area contributed by atoms with Gasteiger partial charge in [0.15, 0.2) is 5.65 Å². The summed E-state index contributed by atoms with van der Waals surface area (Å²) in [6, 6.07) is 12.5. The molecule has 0 radical (unpaired) electrons. The van der Waals surface area contributed by atoms with Crippen LogP contribution in [0.4, 0.5) is 19.0 Å². The molecule has 4 rings (SSSR count). The van der Waals surface area contributed by atoms with Crippen molar-refractivity contribution < 1.29 is 13.2 Å². The highest BCUT2D eigenvalue weighted by molar-refractivity contribution is 5.81. The lowest BCUT2D eigenvalue weighted by atomic mass is 10.1. The van der Waals surface area contributed by atoms with E-state index >= 15 is 0 Å². The quantitative estimate of drug-likeness (QED) is 0.618. The third-order valence-corrected chi connectivity index (χ3v) is 3.69. The Balaban J connectivity index is 1.64. The van der Waals surface area contributed by atoms with Crippen LogP contribution in [0.2, 0.25) is 0 Å². The second-order valence-corrected chi connectivity index (χ2v) is 5.36. The Morgan fingerprint density at radius 3 is 2.68 bits per heavy atom. The largest absolute Gasteiger partial charge is 0.453 e. The minimum atomic E-state index is -4.62. The molecule has 0 unspecified atom stereocenters. The topological polar surface area (TPSA) is 68.0 Å². The summed E-state index contributed by atoms with van der Waals surface area (Å²) in [6.45, 7) is 0.371. The zero-order valence-electron chi connectivity index (χ0n) is 12.7. The Hall–Kier alpha value is -3.23. The smallest absolute Gasteiger partial charge is 0.364 e. The van der Waals surface area contributed by atoms with Gasteiger partial charge in [-0.15, -0.1) is 15.3 Å². The van der Waals surface area contributed by atoms with Crippen LogP contribution < -0.4 is 5.32 Å². The molecule has 4 aromatic rings. The number of rotatable bonds is 3. The van der Waals surface area contributed by atoms with Gasteiger partial charge in [-0.3, -0.25) is 4.98 Å². The average Bonchev–Trinajstić information content (AvgIpc) is 3.03. The highest BCUT2D eigenvalue weighted by atomic mass is 19.4. The number of pyridine rings is 1. The van der Waals surface area contributed by atoms with Crippen LogP contribution in [0.15, 0.2) is 48.7 Å². The van der Waals surface area contributed by atoms with Crippen molar-refractivity contribution in [3.05, 3.63) is 60.0 Å². The van der Waals surface area contributed by atoms with Crippen LogP contribution in [0, 0.1) is 0 Å². The van der Waals surface area contributed by atoms with Crippen LogP contribution in [0.25, 0.3) is 16.6 Å². The first-order valence-corrected chi connectivity index (χ1v) is 7.38. The van der Waals surface area contributed by atoms with Crippen LogP contribution >= 0.6 is 0 Å². The Kier molecular flexibility index (Phi) is 3.48. The molecule has 9 heteroatoms. The summed E-state index contributed by atoms with van der Waals surface area (Å²) in [5.41, 5.74) is 1.78. The zero-order valence-corrected chi connectivity index (χ0v) is 12.7. The van der Waals surface area contributed by atoms with Crippen molar-refractivity contribution in [3.63, 3.8) is 0 Å². The molecular weight excluding hydrogens is 333 g/mol. The Morgan fingerprint density at radius 2 is 1.84 bits per heavy atom. The third kappa shape index (κ3) is 2.84. The summed E-state index contributed by atoms with van der Waals surface area (Å²) in [5.74, 6) is -0.872. The molecule has 0 amide bonds. The Morgan fingerprint density at radius 1 is 1.00 bits per heavy atom. The number of hydrogen-bond acceptors (Lipinski definition) is 5. The molecule has 25 heavy (non-hydrogen) atoms. The molecule has 0 atom stereocenters. The number of halogens is 3. The van der Waals surface area contributed by atoms with Crippen molar-refractivity contribution in [1.82, 2.24) is 24.8 Å². The van der Waals surface area contributed by atoms with Crippen molar-refractivity contribution in [3.8, 4) is 0 Å². The second kappa shape index (κ2) is 5.69. The first-order chi connectivity index (χ1) is 12.0. The van der Waals surface area contributed by atoms with Crippen molar-refractivity contribution in [2.75, 3.05) is 5.32 Å². The molecule has 1 N–H and O–H groups in total. The molecule has 0 spiro atoms. The molecule has 1 aromatic carbocycles. The number of nitrogens with zero attached hydrogens (tertiary/aromatic N) is 5. The highest BCUT2D eigenvalue weighted by Gasteiger charge is 2.37. The number of hydrogen-bond donors (Lipinski definition) is 1. The van der Waals surface area contributed by atoms with Crippen molar-refractivity contribution >= 4 is 22.4 Å². The van der Waals surface area contributed by atoms with E-state index in [1.165, 1.54) is 6.07 Å². The Bertz CT molecular complexity index is 1050. The van der Waals surface area contributed by atoms with E-state index < -0.39 is 12.0 Å². The summed E-state index contributed by atoms with van der Waals surface area (Å²) in [6.07, 6.45) is -2.92. The molecular formula is C16H11F3N6. The molecule has 0 saturated heterocycles. The van der Waals surface area contributed by atoms with Crippen LogP contribution in [0.3, 0.4) is 0 Å². The molecule has 0 fully saturated rings. The first-order valence-electron chi connectivity index (χ1n) is 7.38. The molecule has 0 aliphatic rings. The van der Waals surface area contributed by atoms with Gasteiger partial charge in [0, 0.05) is 18.1 Å². The SMILES string of the molecule is FC(F)(F)c1nnc2ccc(NCc3cccc4cccnc34)nn12. The standard InChI is InChI=1S/C16H11F3N6/c17-16(18,19)15-23-22-13-7-6-12(24-25(13)15)21-9-11-4-1-3-10-5-2-8-20-14(10)11/h1-8H,9H2,(H,21,24). The van der Waals surface area contributed by atoms with Gasteiger partial charge < -0.3 is 5.32 Å². The normalized spacial score (nSPS) is 12.0. The molecule has 0 bridgehead atoms. The van der Waals surface area contributed by atoms with Crippen molar-refractivity contribution in [1.29, 1.82) is 0 Å². The van der Waals surface area contributed by atoms with Gasteiger partial charge in [0.25, 0.3) is 5.82 Å². The van der Waals surface area contributed by atoms with Gasteiger partial charge in [-0.25, -0.2) is 0 Å². The summed E-state index contributed by atoms with van der Waals surface area (Å²) in [7, 11) is 0. The minimum absolute atomic E-state index is 0.0321. The number of fused-ring (bicyclic) bond motifs is 2. The molecule has 0 aliphatic carbocycles. The van der Waals surface area contributed by atoms with Crippen LogP contribution in [0.5, 0.6) is 0 Å². The summed E-state index contributed by atoms with van der Waals surface area (Å²) >= 11 is 0. The van der Waals surface area contributed by atoms with Gasteiger partial charge in [-0.2, -0.15) is 17.7 Å². The highest BCUT2D eigenvalue weighted by Crippen LogP contribution is 2.27. The van der Waals surface area contributed by atoms with E-state index in [-0.39, 0.29) is 11.5 Å². The van der Waals surface area contributed by atoms with Crippen LogP contribution in [-0.2, 0) is 12.7 Å². The maximum atomic E-state index is 12.9. The lowest BCUT2D eigenvalue weighted by molar-refractivity contribution is -0.146. The summed E-state index contributed by atoms with van der Waals surface area (Å²) < 4.78 is 39.4. The van der Waals surface area contributed by atoms with Crippen LogP contribution in [0.1, 0.15) is 11.4 Å². The lowest BCUT2D eigenvalue weighted by Crippen LogP contribution is -2.13. The zero-order chi connectivity index (χ0) is 17.4. The molecule has 6 nitrogen and oxygen atoms in total. The number of nitrogens with one attached hydrogen (secondary N) is 1. The van der Waals surface area contributed by atoms with Gasteiger partial charge in [-0.05, 0) is 23.8 Å². The molecule has 3 aromatic heterocycles. The maximum absolute atomic E-state index is 12.9. The summed E-state index contributed by atoms with van der Waals surface area (Å²) in [4.78, 5) is 4.35. The predicted molar refractivity (Wildman–Crippen MR) is 84.9 cm³/mol. The van der Waals surface area contributed by atoms with Gasteiger partial charge in [-0.1, -0.05) is 24.3 Å². The summed E-state index contributed by atoms with van der Waals surface area (Å²) in [5, 5.41) is 14.6. The molecule has 0 saturated carbocycles. The van der Waals surface area contributed by atoms with E-state index in [1.54, 1.807) is 12.3 Å². The van der Waals surface area contributed by atoms with Crippen molar-refractivity contribution in [2.24, 2.45) is 0 Å². The monoisotopic (exact) mass is 344 g/mol. The van der Waals surface area contributed by atoms with E-state index in [2.05, 4.69) is 25.6 Å². The number of anilines is 1. The fraction of sp³-hybridized carbons (Fsp3) is 0.125. The van der Waals surface area contributed by atoms with Gasteiger partial charge in [0.1, 0.15) is 5.82 Å². The van der Waals surface area contributed by atoms with E-state index in [0.717, 1.165) is 16.5 Å². The second-order valence-electron chi connectivity index (χ2n) is 5.36. The fourth-order valence-electron chi connectivity index (χ4n) is 2.56. The van der Waals surface area contributed by atoms with E-state index in [9.17, 15) is 13.2 Å². The average molecular weight is 344 g/mol. The molecule has 126 valence electrons. The van der Waals surface area contributed by atoms with Gasteiger partial charge >= 0.3 is 6.18 Å². The third-order valence-electron chi connectivity index (χ3n) is 3.69. The van der Waals surface area contributed by atoms with Crippen LogP contribution in [-0.4, -0.2) is 24.8 Å².